The molecule has 1 aromatic carbocycles. The molecule has 0 saturated heterocycles. The van der Waals surface area contributed by atoms with E-state index in [9.17, 15) is 26.4 Å². The molecular formula is C9H8F3NO5S. The van der Waals surface area contributed by atoms with E-state index >= 15 is 0 Å². The van der Waals surface area contributed by atoms with E-state index in [2.05, 4.69) is 4.74 Å². The molecule has 0 spiro atoms. The Bertz CT molecular complexity index is 596. The summed E-state index contributed by atoms with van der Waals surface area (Å²) >= 11 is 0. The van der Waals surface area contributed by atoms with Crippen LogP contribution in [0, 0.1) is 0 Å². The SMILES string of the molecule is CNS(=O)(=O)c1ccc(OC(F)(F)F)c(C(=O)O)c1. The van der Waals surface area contributed by atoms with Gasteiger partial charge < -0.3 is 9.84 Å². The molecule has 0 saturated carbocycles. The number of hydrogen-bond acceptors (Lipinski definition) is 4. The van der Waals surface area contributed by atoms with Crippen LogP contribution in [0.25, 0.3) is 0 Å². The Kier molecular flexibility index (Phi) is 4.06. The van der Waals surface area contributed by atoms with E-state index in [1.165, 1.54) is 0 Å². The topological polar surface area (TPSA) is 92.7 Å². The maximum atomic E-state index is 12.0. The third-order valence-electron chi connectivity index (χ3n) is 1.99. The molecule has 10 heteroatoms. The monoisotopic (exact) mass is 299 g/mol. The van der Waals surface area contributed by atoms with Gasteiger partial charge in [0.15, 0.2) is 0 Å². The molecule has 0 aliphatic rings. The van der Waals surface area contributed by atoms with Gasteiger partial charge in [-0.3, -0.25) is 0 Å². The lowest BCUT2D eigenvalue weighted by atomic mass is 10.2. The summed E-state index contributed by atoms with van der Waals surface area (Å²) in [7, 11) is -2.89. The number of carbonyl (C=O) groups is 1. The van der Waals surface area contributed by atoms with Crippen LogP contribution < -0.4 is 9.46 Å². The second-order valence-corrected chi connectivity index (χ2v) is 5.11. The Morgan fingerprint density at radius 1 is 1.37 bits per heavy atom. The number of rotatable bonds is 4. The van der Waals surface area contributed by atoms with Crippen LogP contribution in [0.1, 0.15) is 10.4 Å². The van der Waals surface area contributed by atoms with E-state index in [1.807, 2.05) is 4.72 Å². The first kappa shape index (κ1) is 15.2. The molecule has 2 N–H and O–H groups in total. The predicted octanol–water partition coefficient (Wildman–Crippen LogP) is 1.19. The van der Waals surface area contributed by atoms with Crippen molar-refractivity contribution < 1.29 is 36.2 Å². The summed E-state index contributed by atoms with van der Waals surface area (Å²) in [6, 6.07) is 2.01. The molecule has 6 nitrogen and oxygen atoms in total. The summed E-state index contributed by atoms with van der Waals surface area (Å²) in [4.78, 5) is 10.3. The molecule has 0 radical (unpaired) electrons. The third kappa shape index (κ3) is 3.83. The summed E-state index contributed by atoms with van der Waals surface area (Å²) in [5, 5.41) is 8.76. The van der Waals surface area contributed by atoms with Crippen molar-refractivity contribution in [2.45, 2.75) is 11.3 Å². The van der Waals surface area contributed by atoms with Gasteiger partial charge in [0, 0.05) is 0 Å². The van der Waals surface area contributed by atoms with Crippen LogP contribution in [0.5, 0.6) is 5.75 Å². The largest absolute Gasteiger partial charge is 0.573 e. The fourth-order valence-electron chi connectivity index (χ4n) is 1.17. The van der Waals surface area contributed by atoms with Crippen molar-refractivity contribution in [2.24, 2.45) is 0 Å². The van der Waals surface area contributed by atoms with Crippen molar-refractivity contribution in [2.75, 3.05) is 7.05 Å². The molecule has 0 heterocycles. The molecule has 0 aromatic heterocycles. The Balaban J connectivity index is 3.35. The first-order chi connectivity index (χ1) is 8.57. The number of ether oxygens (including phenoxy) is 1. The molecule has 1 aromatic rings. The Morgan fingerprint density at radius 2 is 1.95 bits per heavy atom. The zero-order valence-electron chi connectivity index (χ0n) is 9.35. The lowest BCUT2D eigenvalue weighted by Crippen LogP contribution is -2.21. The number of benzene rings is 1. The fraction of sp³-hybridized carbons (Fsp3) is 0.222. The van der Waals surface area contributed by atoms with Gasteiger partial charge >= 0.3 is 12.3 Å². The summed E-state index contributed by atoms with van der Waals surface area (Å²) in [5.74, 6) is -2.73. The molecule has 19 heavy (non-hydrogen) atoms. The van der Waals surface area contributed by atoms with Gasteiger partial charge in [0.25, 0.3) is 0 Å². The molecule has 0 bridgehead atoms. The number of sulfonamides is 1. The van der Waals surface area contributed by atoms with Gasteiger partial charge in [0.1, 0.15) is 11.3 Å². The minimum absolute atomic E-state index is 0.484. The van der Waals surface area contributed by atoms with Crippen LogP contribution in [0.4, 0.5) is 13.2 Å². The minimum Gasteiger partial charge on any atom is -0.478 e. The van der Waals surface area contributed by atoms with Crippen molar-refractivity contribution in [1.82, 2.24) is 4.72 Å². The maximum absolute atomic E-state index is 12.0. The van der Waals surface area contributed by atoms with Gasteiger partial charge in [-0.25, -0.2) is 17.9 Å². The van der Waals surface area contributed by atoms with Crippen LogP contribution in [0.2, 0.25) is 0 Å². The molecule has 0 aliphatic carbocycles. The second-order valence-electron chi connectivity index (χ2n) is 3.22. The van der Waals surface area contributed by atoms with Crippen molar-refractivity contribution in [3.8, 4) is 5.75 Å². The smallest absolute Gasteiger partial charge is 0.478 e. The molecule has 1 rings (SSSR count). The van der Waals surface area contributed by atoms with E-state index in [1.54, 1.807) is 0 Å². The van der Waals surface area contributed by atoms with Gasteiger partial charge in [0.05, 0.1) is 4.90 Å². The van der Waals surface area contributed by atoms with E-state index in [0.717, 1.165) is 13.1 Å². The number of hydrogen-bond donors (Lipinski definition) is 2. The Labute approximate surface area is 105 Å². The van der Waals surface area contributed by atoms with Crippen LogP contribution in [-0.4, -0.2) is 32.9 Å². The van der Waals surface area contributed by atoms with Gasteiger partial charge in [0.2, 0.25) is 10.0 Å². The third-order valence-corrected chi connectivity index (χ3v) is 3.40. The summed E-state index contributed by atoms with van der Waals surface area (Å²) in [5.41, 5.74) is -0.909. The van der Waals surface area contributed by atoms with Crippen LogP contribution >= 0.6 is 0 Å². The van der Waals surface area contributed by atoms with Crippen molar-refractivity contribution in [3.63, 3.8) is 0 Å². The lowest BCUT2D eigenvalue weighted by molar-refractivity contribution is -0.274. The molecule has 0 amide bonds. The standard InChI is InChI=1S/C9H8F3NO5S/c1-13-19(16,17)5-2-3-7(18-9(10,11)12)6(4-5)8(14)15/h2-4,13H,1H3,(H,14,15). The highest BCUT2D eigenvalue weighted by Gasteiger charge is 2.33. The van der Waals surface area contributed by atoms with E-state index in [-0.39, 0.29) is 0 Å². The first-order valence-electron chi connectivity index (χ1n) is 4.63. The number of carboxylic acids is 1. The fourth-order valence-corrected chi connectivity index (χ4v) is 1.93. The van der Waals surface area contributed by atoms with Gasteiger partial charge in [-0.2, -0.15) is 0 Å². The Morgan fingerprint density at radius 3 is 2.37 bits per heavy atom. The number of aromatic carboxylic acids is 1. The highest BCUT2D eigenvalue weighted by molar-refractivity contribution is 7.89. The average molecular weight is 299 g/mol. The zero-order valence-corrected chi connectivity index (χ0v) is 10.2. The summed E-state index contributed by atoms with van der Waals surface area (Å²) in [6.45, 7) is 0. The quantitative estimate of drug-likeness (QED) is 0.871. The van der Waals surface area contributed by atoms with E-state index < -0.39 is 38.6 Å². The van der Waals surface area contributed by atoms with E-state index in [4.69, 9.17) is 5.11 Å². The molecule has 106 valence electrons. The number of alkyl halides is 3. The molecular weight excluding hydrogens is 291 g/mol. The first-order valence-corrected chi connectivity index (χ1v) is 6.12. The Hall–Kier alpha value is -1.81. The van der Waals surface area contributed by atoms with Crippen molar-refractivity contribution >= 4 is 16.0 Å². The number of halogens is 3. The number of nitrogens with one attached hydrogen (secondary N) is 1. The zero-order chi connectivity index (χ0) is 14.8. The van der Waals surface area contributed by atoms with Gasteiger partial charge in [-0.1, -0.05) is 0 Å². The highest BCUT2D eigenvalue weighted by Crippen LogP contribution is 2.28. The number of carboxylic acid groups (broad SMARTS) is 1. The normalized spacial score (nSPS) is 12.2. The lowest BCUT2D eigenvalue weighted by Gasteiger charge is -2.12. The van der Waals surface area contributed by atoms with Crippen LogP contribution in [-0.2, 0) is 10.0 Å². The molecule has 0 atom stereocenters. The maximum Gasteiger partial charge on any atom is 0.573 e. The molecule has 0 unspecified atom stereocenters. The van der Waals surface area contributed by atoms with Crippen LogP contribution in [0.3, 0.4) is 0 Å². The average Bonchev–Trinajstić information content (AvgIpc) is 2.26. The van der Waals surface area contributed by atoms with Crippen molar-refractivity contribution in [3.05, 3.63) is 23.8 Å². The minimum atomic E-state index is -5.08. The molecule has 0 fully saturated rings. The highest BCUT2D eigenvalue weighted by atomic mass is 32.2. The van der Waals surface area contributed by atoms with Crippen LogP contribution in [0.15, 0.2) is 23.1 Å². The van der Waals surface area contributed by atoms with E-state index in [0.29, 0.717) is 12.1 Å². The van der Waals surface area contributed by atoms with Gasteiger partial charge in [-0.15, -0.1) is 13.2 Å². The van der Waals surface area contributed by atoms with Gasteiger partial charge in [-0.05, 0) is 25.2 Å². The van der Waals surface area contributed by atoms with Crippen molar-refractivity contribution in [1.29, 1.82) is 0 Å². The molecule has 0 aliphatic heterocycles. The predicted molar refractivity (Wildman–Crippen MR) is 56.3 cm³/mol. The summed E-state index contributed by atoms with van der Waals surface area (Å²) in [6.07, 6.45) is -5.08. The summed E-state index contributed by atoms with van der Waals surface area (Å²) < 4.78 is 64.3. The second kappa shape index (κ2) is 5.05.